The summed E-state index contributed by atoms with van der Waals surface area (Å²) in [5.74, 6) is -1.00. The maximum Gasteiger partial charge on any atom is 0.323 e. The van der Waals surface area contributed by atoms with Crippen molar-refractivity contribution in [3.05, 3.63) is 43.9 Å². The first-order chi connectivity index (χ1) is 9.43. The van der Waals surface area contributed by atoms with Crippen LogP contribution in [0.3, 0.4) is 0 Å². The third-order valence-electron chi connectivity index (χ3n) is 3.22. The van der Waals surface area contributed by atoms with Crippen LogP contribution in [0, 0.1) is 13.8 Å². The van der Waals surface area contributed by atoms with Crippen LogP contribution in [-0.4, -0.2) is 15.6 Å². The fraction of sp³-hybridized carbons (Fsp3) is 0.333. The van der Waals surface area contributed by atoms with E-state index in [9.17, 15) is 9.59 Å². The SMILES string of the molecule is CCc1sc(=O)n(CC(=O)O)c1-c1ccc(C)cc1C. The Bertz CT molecular complexity index is 712. The smallest absolute Gasteiger partial charge is 0.323 e. The van der Waals surface area contributed by atoms with E-state index in [2.05, 4.69) is 0 Å². The van der Waals surface area contributed by atoms with Crippen molar-refractivity contribution in [1.29, 1.82) is 0 Å². The van der Waals surface area contributed by atoms with E-state index in [1.54, 1.807) is 0 Å². The van der Waals surface area contributed by atoms with Gasteiger partial charge in [0.15, 0.2) is 0 Å². The second kappa shape index (κ2) is 5.63. The van der Waals surface area contributed by atoms with Gasteiger partial charge in [0.25, 0.3) is 0 Å². The summed E-state index contributed by atoms with van der Waals surface area (Å²) in [6, 6.07) is 5.99. The highest BCUT2D eigenvalue weighted by Crippen LogP contribution is 2.29. The highest BCUT2D eigenvalue weighted by Gasteiger charge is 2.18. The van der Waals surface area contributed by atoms with Crippen LogP contribution in [0.15, 0.2) is 23.0 Å². The quantitative estimate of drug-likeness (QED) is 0.942. The molecular weight excluding hydrogens is 274 g/mol. The Labute approximate surface area is 121 Å². The molecule has 0 fully saturated rings. The van der Waals surface area contributed by atoms with Crippen molar-refractivity contribution in [3.8, 4) is 11.3 Å². The first-order valence-corrected chi connectivity index (χ1v) is 7.27. The van der Waals surface area contributed by atoms with E-state index in [0.29, 0.717) is 0 Å². The molecule has 1 aromatic carbocycles. The predicted octanol–water partition coefficient (Wildman–Crippen LogP) is 2.84. The van der Waals surface area contributed by atoms with Gasteiger partial charge in [0.2, 0.25) is 0 Å². The summed E-state index contributed by atoms with van der Waals surface area (Å²) in [5, 5.41) is 9.00. The van der Waals surface area contributed by atoms with E-state index in [-0.39, 0.29) is 11.4 Å². The van der Waals surface area contributed by atoms with Gasteiger partial charge in [-0.25, -0.2) is 0 Å². The monoisotopic (exact) mass is 291 g/mol. The second-order valence-electron chi connectivity index (χ2n) is 4.79. The molecule has 0 spiro atoms. The summed E-state index contributed by atoms with van der Waals surface area (Å²) >= 11 is 1.13. The number of hydrogen-bond donors (Lipinski definition) is 1. The average molecular weight is 291 g/mol. The van der Waals surface area contributed by atoms with Crippen molar-refractivity contribution in [2.24, 2.45) is 0 Å². The topological polar surface area (TPSA) is 59.3 Å². The Balaban J connectivity index is 2.70. The van der Waals surface area contributed by atoms with E-state index in [1.807, 2.05) is 39.0 Å². The third kappa shape index (κ3) is 2.67. The summed E-state index contributed by atoms with van der Waals surface area (Å²) in [5.41, 5.74) is 3.89. The molecule has 0 aliphatic carbocycles. The minimum Gasteiger partial charge on any atom is -0.480 e. The molecular formula is C15H17NO3S. The number of thiazole rings is 1. The highest BCUT2D eigenvalue weighted by atomic mass is 32.1. The first-order valence-electron chi connectivity index (χ1n) is 6.46. The van der Waals surface area contributed by atoms with Gasteiger partial charge in [0.1, 0.15) is 6.54 Å². The van der Waals surface area contributed by atoms with Gasteiger partial charge in [-0.2, -0.15) is 0 Å². The van der Waals surface area contributed by atoms with Gasteiger partial charge in [0.05, 0.1) is 5.69 Å². The molecule has 2 aromatic rings. The van der Waals surface area contributed by atoms with Crippen LogP contribution in [0.2, 0.25) is 0 Å². The van der Waals surface area contributed by atoms with Crippen molar-refractivity contribution >= 4 is 17.3 Å². The first kappa shape index (κ1) is 14.5. The molecule has 1 N–H and O–H groups in total. The van der Waals surface area contributed by atoms with Crippen LogP contribution in [0.5, 0.6) is 0 Å². The van der Waals surface area contributed by atoms with Crippen LogP contribution in [0.1, 0.15) is 22.9 Å². The summed E-state index contributed by atoms with van der Waals surface area (Å²) in [4.78, 5) is 23.7. The van der Waals surface area contributed by atoms with Gasteiger partial charge in [0, 0.05) is 10.4 Å². The lowest BCUT2D eigenvalue weighted by Gasteiger charge is -2.11. The van der Waals surface area contributed by atoms with Crippen LogP contribution in [-0.2, 0) is 17.8 Å². The molecule has 0 atom stereocenters. The van der Waals surface area contributed by atoms with Crippen molar-refractivity contribution in [3.63, 3.8) is 0 Å². The third-order valence-corrected chi connectivity index (χ3v) is 4.34. The lowest BCUT2D eigenvalue weighted by molar-refractivity contribution is -0.137. The van der Waals surface area contributed by atoms with Crippen LogP contribution >= 0.6 is 11.3 Å². The number of aryl methyl sites for hydroxylation is 3. The van der Waals surface area contributed by atoms with Crippen molar-refractivity contribution in [1.82, 2.24) is 4.57 Å². The lowest BCUT2D eigenvalue weighted by atomic mass is 10.0. The highest BCUT2D eigenvalue weighted by molar-refractivity contribution is 7.09. The van der Waals surface area contributed by atoms with Gasteiger partial charge >= 0.3 is 10.8 Å². The van der Waals surface area contributed by atoms with Crippen LogP contribution < -0.4 is 4.87 Å². The molecule has 4 nitrogen and oxygen atoms in total. The lowest BCUT2D eigenvalue weighted by Crippen LogP contribution is -2.20. The summed E-state index contributed by atoms with van der Waals surface area (Å²) < 4.78 is 1.36. The Hall–Kier alpha value is -1.88. The van der Waals surface area contributed by atoms with Crippen molar-refractivity contribution in [2.75, 3.05) is 0 Å². The zero-order valence-electron chi connectivity index (χ0n) is 11.8. The predicted molar refractivity (Wildman–Crippen MR) is 80.5 cm³/mol. The normalized spacial score (nSPS) is 10.8. The molecule has 0 amide bonds. The van der Waals surface area contributed by atoms with Crippen molar-refractivity contribution < 1.29 is 9.90 Å². The average Bonchev–Trinajstić information content (AvgIpc) is 2.66. The van der Waals surface area contributed by atoms with E-state index >= 15 is 0 Å². The maximum atomic E-state index is 12.0. The number of carboxylic acid groups (broad SMARTS) is 1. The molecule has 0 bridgehead atoms. The molecule has 0 aliphatic rings. The van der Waals surface area contributed by atoms with Crippen molar-refractivity contribution in [2.45, 2.75) is 33.7 Å². The van der Waals surface area contributed by atoms with Gasteiger partial charge in [-0.05, 0) is 25.8 Å². The number of hydrogen-bond acceptors (Lipinski definition) is 3. The van der Waals surface area contributed by atoms with Crippen LogP contribution in [0.25, 0.3) is 11.3 Å². The molecule has 5 heteroatoms. The molecule has 1 heterocycles. The number of aromatic nitrogens is 1. The molecule has 0 saturated heterocycles. The van der Waals surface area contributed by atoms with E-state index in [1.165, 1.54) is 4.57 Å². The summed E-state index contributed by atoms with van der Waals surface area (Å²) in [7, 11) is 0. The largest absolute Gasteiger partial charge is 0.480 e. The Morgan fingerprint density at radius 2 is 2.05 bits per heavy atom. The van der Waals surface area contributed by atoms with E-state index in [0.717, 1.165) is 45.0 Å². The number of aliphatic carboxylic acids is 1. The van der Waals surface area contributed by atoms with E-state index < -0.39 is 5.97 Å². The zero-order valence-corrected chi connectivity index (χ0v) is 12.6. The summed E-state index contributed by atoms with van der Waals surface area (Å²) in [6.07, 6.45) is 0.717. The number of carboxylic acids is 1. The van der Waals surface area contributed by atoms with Gasteiger partial charge in [-0.3, -0.25) is 14.2 Å². The molecule has 0 unspecified atom stereocenters. The fourth-order valence-electron chi connectivity index (χ4n) is 2.34. The van der Waals surface area contributed by atoms with Gasteiger partial charge < -0.3 is 5.11 Å². The molecule has 0 aliphatic heterocycles. The standard InChI is InChI=1S/C15H17NO3S/c1-4-12-14(11-6-5-9(2)7-10(11)3)16(8-13(17)18)15(19)20-12/h5-7H,4,8H2,1-3H3,(H,17,18). The molecule has 0 radical (unpaired) electrons. The Morgan fingerprint density at radius 3 is 2.60 bits per heavy atom. The number of carbonyl (C=O) groups is 1. The van der Waals surface area contributed by atoms with Gasteiger partial charge in [-0.15, -0.1) is 0 Å². The number of nitrogens with zero attached hydrogens (tertiary/aromatic N) is 1. The minimum atomic E-state index is -1.00. The molecule has 2 rings (SSSR count). The minimum absolute atomic E-state index is 0.209. The Kier molecular flexibility index (Phi) is 4.09. The fourth-order valence-corrected chi connectivity index (χ4v) is 3.28. The molecule has 0 saturated carbocycles. The Morgan fingerprint density at radius 1 is 1.35 bits per heavy atom. The number of rotatable bonds is 4. The molecule has 106 valence electrons. The summed E-state index contributed by atoms with van der Waals surface area (Å²) in [6.45, 7) is 5.67. The van der Waals surface area contributed by atoms with E-state index in [4.69, 9.17) is 5.11 Å². The zero-order chi connectivity index (χ0) is 14.9. The maximum absolute atomic E-state index is 12.0. The van der Waals surface area contributed by atoms with Gasteiger partial charge in [-0.1, -0.05) is 42.0 Å². The molecule has 20 heavy (non-hydrogen) atoms. The molecule has 1 aromatic heterocycles. The van der Waals surface area contributed by atoms with Crippen LogP contribution in [0.4, 0.5) is 0 Å². The second-order valence-corrected chi connectivity index (χ2v) is 5.84. The number of benzene rings is 1.